The number of rotatable bonds is 4. The summed E-state index contributed by atoms with van der Waals surface area (Å²) in [7, 11) is 3.07. The van der Waals surface area contributed by atoms with Crippen molar-refractivity contribution in [2.75, 3.05) is 0 Å². The highest BCUT2D eigenvalue weighted by molar-refractivity contribution is 8.77. The molecule has 1 aromatic rings. The van der Waals surface area contributed by atoms with Crippen molar-refractivity contribution in [2.24, 2.45) is 10.4 Å². The minimum Gasteiger partial charge on any atom is -0.374 e. The van der Waals surface area contributed by atoms with Crippen LogP contribution in [-0.4, -0.2) is 0 Å². The highest BCUT2D eigenvalue weighted by atomic mass is 33.1. The van der Waals surface area contributed by atoms with E-state index in [2.05, 4.69) is 15.1 Å². The second-order valence-corrected chi connectivity index (χ2v) is 4.60. The molecule has 15 heavy (non-hydrogen) atoms. The van der Waals surface area contributed by atoms with Crippen LogP contribution < -0.4 is 4.72 Å². The Morgan fingerprint density at radius 3 is 2.87 bits per heavy atom. The van der Waals surface area contributed by atoms with Gasteiger partial charge in [-0.3, -0.25) is 0 Å². The summed E-state index contributed by atoms with van der Waals surface area (Å²) >= 11 is 0. The SMILES string of the molecule is C1=C(N=NOCc2ccccc2)NSS1. The number of hydrogen-bond acceptors (Lipinski definition) is 6. The topological polar surface area (TPSA) is 46.0 Å². The highest BCUT2D eigenvalue weighted by Gasteiger charge is 2.02. The van der Waals surface area contributed by atoms with Crippen molar-refractivity contribution in [1.82, 2.24) is 4.72 Å². The molecule has 0 amide bonds. The second kappa shape index (κ2) is 5.67. The first-order chi connectivity index (χ1) is 7.45. The average molecular weight is 239 g/mol. The third-order valence-corrected chi connectivity index (χ3v) is 3.17. The Labute approximate surface area is 95.7 Å². The monoisotopic (exact) mass is 239 g/mol. The van der Waals surface area contributed by atoms with E-state index in [4.69, 9.17) is 4.84 Å². The maximum absolute atomic E-state index is 5.04. The molecule has 1 aliphatic heterocycles. The molecule has 0 aliphatic carbocycles. The predicted octanol–water partition coefficient (Wildman–Crippen LogP) is 3.27. The summed E-state index contributed by atoms with van der Waals surface area (Å²) in [6.45, 7) is 0.442. The van der Waals surface area contributed by atoms with Crippen LogP contribution in [-0.2, 0) is 11.4 Å². The number of nitrogens with zero attached hydrogens (tertiary/aromatic N) is 2. The summed E-state index contributed by atoms with van der Waals surface area (Å²) in [6, 6.07) is 9.85. The molecule has 0 radical (unpaired) electrons. The second-order valence-electron chi connectivity index (χ2n) is 2.73. The summed E-state index contributed by atoms with van der Waals surface area (Å²) < 4.78 is 2.96. The molecular formula is C9H9N3OS2. The Morgan fingerprint density at radius 1 is 1.27 bits per heavy atom. The summed E-state index contributed by atoms with van der Waals surface area (Å²) in [5.74, 6) is 0.720. The van der Waals surface area contributed by atoms with Crippen LogP contribution in [0.2, 0.25) is 0 Å². The molecule has 1 aromatic carbocycles. The molecule has 0 saturated carbocycles. The predicted molar refractivity (Wildman–Crippen MR) is 62.5 cm³/mol. The van der Waals surface area contributed by atoms with Crippen LogP contribution in [0.25, 0.3) is 0 Å². The van der Waals surface area contributed by atoms with Gasteiger partial charge in [0.25, 0.3) is 0 Å². The number of nitrogens with one attached hydrogen (secondary N) is 1. The number of benzene rings is 1. The standard InChI is InChI=1S/C9H9N3OS2/c1-2-4-8(5-3-1)6-13-12-10-9-7-14-15-11-9/h1-5,7,11H,6H2. The zero-order valence-electron chi connectivity index (χ0n) is 7.79. The first kappa shape index (κ1) is 10.4. The fourth-order valence-corrected chi connectivity index (χ4v) is 2.33. The number of hydrogen-bond donors (Lipinski definition) is 1. The third-order valence-electron chi connectivity index (χ3n) is 1.63. The van der Waals surface area contributed by atoms with Crippen LogP contribution in [0.3, 0.4) is 0 Å². The lowest BCUT2D eigenvalue weighted by molar-refractivity contribution is 0.110. The molecule has 6 heteroatoms. The van der Waals surface area contributed by atoms with Crippen LogP contribution in [0.5, 0.6) is 0 Å². The van der Waals surface area contributed by atoms with Gasteiger partial charge in [-0.15, -0.1) is 0 Å². The van der Waals surface area contributed by atoms with E-state index >= 15 is 0 Å². The maximum atomic E-state index is 5.04. The van der Waals surface area contributed by atoms with Gasteiger partial charge in [0.05, 0.1) is 0 Å². The average Bonchev–Trinajstić information content (AvgIpc) is 2.79. The Balaban J connectivity index is 1.75. The molecule has 4 nitrogen and oxygen atoms in total. The van der Waals surface area contributed by atoms with Gasteiger partial charge < -0.3 is 9.56 Å². The molecule has 1 N–H and O–H groups in total. The van der Waals surface area contributed by atoms with E-state index < -0.39 is 0 Å². The summed E-state index contributed by atoms with van der Waals surface area (Å²) in [6.07, 6.45) is 0. The van der Waals surface area contributed by atoms with Gasteiger partial charge >= 0.3 is 0 Å². The third kappa shape index (κ3) is 3.49. The highest BCUT2D eigenvalue weighted by Crippen LogP contribution is 2.28. The molecule has 1 heterocycles. The molecule has 1 aliphatic rings. The van der Waals surface area contributed by atoms with Gasteiger partial charge in [0, 0.05) is 21.7 Å². The van der Waals surface area contributed by atoms with E-state index in [-0.39, 0.29) is 0 Å². The van der Waals surface area contributed by atoms with Gasteiger partial charge in [-0.1, -0.05) is 35.4 Å². The lowest BCUT2D eigenvalue weighted by atomic mass is 10.2. The molecule has 78 valence electrons. The van der Waals surface area contributed by atoms with Gasteiger partial charge in [0.2, 0.25) is 0 Å². The van der Waals surface area contributed by atoms with E-state index in [9.17, 15) is 0 Å². The Bertz CT molecular complexity index is 367. The fourth-order valence-electron chi connectivity index (χ4n) is 0.955. The zero-order chi connectivity index (χ0) is 10.3. The van der Waals surface area contributed by atoms with E-state index in [1.165, 1.54) is 11.0 Å². The minimum atomic E-state index is 0.442. The maximum Gasteiger partial charge on any atom is 0.169 e. The normalized spacial score (nSPS) is 15.1. The largest absolute Gasteiger partial charge is 0.374 e. The van der Waals surface area contributed by atoms with E-state index in [1.807, 2.05) is 35.7 Å². The van der Waals surface area contributed by atoms with Crippen molar-refractivity contribution in [3.63, 3.8) is 0 Å². The molecule has 0 atom stereocenters. The molecule has 2 rings (SSSR count). The molecule has 0 fully saturated rings. The van der Waals surface area contributed by atoms with E-state index in [1.54, 1.807) is 10.8 Å². The van der Waals surface area contributed by atoms with Crippen molar-refractivity contribution in [3.05, 3.63) is 47.1 Å². The lowest BCUT2D eigenvalue weighted by Crippen LogP contribution is -1.92. The van der Waals surface area contributed by atoms with Gasteiger partial charge in [0.15, 0.2) is 5.82 Å². The zero-order valence-corrected chi connectivity index (χ0v) is 9.42. The molecule has 0 unspecified atom stereocenters. The molecule has 0 bridgehead atoms. The van der Waals surface area contributed by atoms with Crippen molar-refractivity contribution in [2.45, 2.75) is 6.61 Å². The Kier molecular flexibility index (Phi) is 3.92. The first-order valence-electron chi connectivity index (χ1n) is 4.30. The van der Waals surface area contributed by atoms with Gasteiger partial charge in [-0.25, -0.2) is 0 Å². The van der Waals surface area contributed by atoms with Crippen LogP contribution in [0, 0.1) is 0 Å². The quantitative estimate of drug-likeness (QED) is 0.379. The van der Waals surface area contributed by atoms with Crippen LogP contribution in [0.1, 0.15) is 5.56 Å². The van der Waals surface area contributed by atoms with E-state index in [0.29, 0.717) is 6.61 Å². The van der Waals surface area contributed by atoms with Gasteiger partial charge in [-0.2, -0.15) is 0 Å². The van der Waals surface area contributed by atoms with Crippen LogP contribution in [0.15, 0.2) is 52.0 Å². The van der Waals surface area contributed by atoms with Gasteiger partial charge in [0.1, 0.15) is 6.61 Å². The molecule has 0 spiro atoms. The lowest BCUT2D eigenvalue weighted by Gasteiger charge is -1.97. The van der Waals surface area contributed by atoms with Crippen LogP contribution >= 0.6 is 21.8 Å². The van der Waals surface area contributed by atoms with Gasteiger partial charge in [-0.05, 0) is 16.4 Å². The smallest absolute Gasteiger partial charge is 0.169 e. The Hall–Kier alpha value is -1.14. The Morgan fingerprint density at radius 2 is 2.13 bits per heavy atom. The summed E-state index contributed by atoms with van der Waals surface area (Å²) in [4.78, 5) is 5.04. The molecule has 0 saturated heterocycles. The van der Waals surface area contributed by atoms with Crippen LogP contribution in [0.4, 0.5) is 0 Å². The van der Waals surface area contributed by atoms with E-state index in [0.717, 1.165) is 11.4 Å². The first-order valence-corrected chi connectivity index (χ1v) is 6.52. The molecular weight excluding hydrogens is 230 g/mol. The van der Waals surface area contributed by atoms with Crippen molar-refractivity contribution in [1.29, 1.82) is 0 Å². The van der Waals surface area contributed by atoms with Crippen molar-refractivity contribution < 1.29 is 4.84 Å². The molecule has 0 aromatic heterocycles. The summed E-state index contributed by atoms with van der Waals surface area (Å²) in [5.41, 5.74) is 1.08. The van der Waals surface area contributed by atoms with Crippen molar-refractivity contribution in [3.8, 4) is 0 Å². The summed E-state index contributed by atoms with van der Waals surface area (Å²) in [5, 5.41) is 9.34. The van der Waals surface area contributed by atoms with Crippen molar-refractivity contribution >= 4 is 21.8 Å². The minimum absolute atomic E-state index is 0.442. The fraction of sp³-hybridized carbons (Fsp3) is 0.111.